The molecular weight excluding hydrogens is 433 g/mol. The van der Waals surface area contributed by atoms with Crippen LogP contribution in [0.2, 0.25) is 0 Å². The number of thioether (sulfide) groups is 1. The normalized spacial score (nSPS) is 20.0. The average molecular weight is 458 g/mol. The molecule has 1 unspecified atom stereocenters. The first-order valence-electron chi connectivity index (χ1n) is 9.41. The highest BCUT2D eigenvalue weighted by Crippen LogP contribution is 2.33. The number of nitrogens with two attached hydrogens (primary N) is 1. The van der Waals surface area contributed by atoms with Gasteiger partial charge in [0.15, 0.2) is 16.6 Å². The highest BCUT2D eigenvalue weighted by Gasteiger charge is 2.32. The van der Waals surface area contributed by atoms with Crippen LogP contribution >= 0.6 is 20.0 Å². The maximum Gasteiger partial charge on any atom is 0.697 e. The molecule has 0 saturated carbocycles. The Morgan fingerprint density at radius 3 is 2.97 bits per heavy atom. The van der Waals surface area contributed by atoms with E-state index in [2.05, 4.69) is 15.0 Å². The molecule has 1 fully saturated rings. The third kappa shape index (κ3) is 5.51. The molecule has 2 aromatic rings. The SMILES string of the molecule is CC(C)(CO)C(=O)SCCO[P+](=O)OC[C@@H]1CC[C@H](n2cnc3c(N)ncnc32)O1. The zero-order chi connectivity index (χ0) is 21.7. The summed E-state index contributed by atoms with van der Waals surface area (Å²) in [7, 11) is -2.31. The van der Waals surface area contributed by atoms with Crippen LogP contribution < -0.4 is 5.73 Å². The van der Waals surface area contributed by atoms with E-state index in [-0.39, 0.29) is 37.3 Å². The van der Waals surface area contributed by atoms with Crippen molar-refractivity contribution >= 4 is 42.1 Å². The molecule has 0 radical (unpaired) electrons. The van der Waals surface area contributed by atoms with Gasteiger partial charge in [-0.1, -0.05) is 11.8 Å². The number of aliphatic hydroxyl groups is 1. The maximum atomic E-state index is 11.9. The Balaban J connectivity index is 1.38. The first kappa shape index (κ1) is 23.0. The summed E-state index contributed by atoms with van der Waals surface area (Å²) in [6.07, 6.45) is 3.92. The number of carbonyl (C=O) groups excluding carboxylic acids is 1. The number of rotatable bonds is 10. The molecule has 3 rings (SSSR count). The molecule has 0 amide bonds. The third-order valence-electron chi connectivity index (χ3n) is 4.61. The molecule has 0 bridgehead atoms. The van der Waals surface area contributed by atoms with Gasteiger partial charge in [0.1, 0.15) is 31.3 Å². The van der Waals surface area contributed by atoms with Gasteiger partial charge in [0, 0.05) is 10.3 Å². The van der Waals surface area contributed by atoms with Gasteiger partial charge in [0.25, 0.3) is 0 Å². The van der Waals surface area contributed by atoms with E-state index < -0.39 is 13.7 Å². The van der Waals surface area contributed by atoms with Gasteiger partial charge < -0.3 is 15.6 Å². The number of ether oxygens (including phenoxy) is 1. The van der Waals surface area contributed by atoms with Crippen LogP contribution in [-0.4, -0.2) is 61.4 Å². The molecule has 1 aliphatic rings. The van der Waals surface area contributed by atoms with E-state index in [1.165, 1.54) is 6.33 Å². The molecule has 0 aromatic carbocycles. The van der Waals surface area contributed by atoms with Crippen molar-refractivity contribution in [2.45, 2.75) is 39.0 Å². The van der Waals surface area contributed by atoms with Crippen LogP contribution in [0.5, 0.6) is 0 Å². The molecule has 2 aromatic heterocycles. The zero-order valence-electron chi connectivity index (χ0n) is 16.8. The minimum atomic E-state index is -2.31. The molecule has 1 aliphatic heterocycles. The van der Waals surface area contributed by atoms with E-state index in [9.17, 15) is 9.36 Å². The van der Waals surface area contributed by atoms with E-state index in [0.29, 0.717) is 29.2 Å². The zero-order valence-corrected chi connectivity index (χ0v) is 18.5. The van der Waals surface area contributed by atoms with Gasteiger partial charge in [-0.15, -0.1) is 9.05 Å². The first-order valence-corrected chi connectivity index (χ1v) is 11.5. The smallest absolute Gasteiger partial charge is 0.395 e. The molecule has 3 atom stereocenters. The van der Waals surface area contributed by atoms with Gasteiger partial charge in [0.2, 0.25) is 0 Å². The van der Waals surface area contributed by atoms with E-state index in [1.54, 1.807) is 24.7 Å². The van der Waals surface area contributed by atoms with E-state index >= 15 is 0 Å². The van der Waals surface area contributed by atoms with Crippen molar-refractivity contribution < 1.29 is 28.3 Å². The highest BCUT2D eigenvalue weighted by molar-refractivity contribution is 8.13. The predicted molar refractivity (Wildman–Crippen MR) is 111 cm³/mol. The number of imidazole rings is 1. The van der Waals surface area contributed by atoms with Gasteiger partial charge in [-0.3, -0.25) is 9.36 Å². The number of nitrogens with zero attached hydrogens (tertiary/aromatic N) is 4. The summed E-state index contributed by atoms with van der Waals surface area (Å²) in [4.78, 5) is 24.2. The van der Waals surface area contributed by atoms with Gasteiger partial charge in [0.05, 0.1) is 24.5 Å². The Kier molecular flexibility index (Phi) is 7.72. The highest BCUT2D eigenvalue weighted by atomic mass is 32.2. The van der Waals surface area contributed by atoms with Crippen molar-refractivity contribution in [3.63, 3.8) is 0 Å². The second-order valence-corrected chi connectivity index (χ2v) is 9.43. The lowest BCUT2D eigenvalue weighted by Crippen LogP contribution is -2.26. The van der Waals surface area contributed by atoms with Crippen molar-refractivity contribution in [2.75, 3.05) is 31.3 Å². The summed E-state index contributed by atoms with van der Waals surface area (Å²) in [6, 6.07) is 0. The Morgan fingerprint density at radius 2 is 2.20 bits per heavy atom. The van der Waals surface area contributed by atoms with Crippen LogP contribution in [0.3, 0.4) is 0 Å². The Bertz CT molecular complexity index is 910. The summed E-state index contributed by atoms with van der Waals surface area (Å²) in [5.74, 6) is 0.637. The number of anilines is 1. The number of aromatic nitrogens is 4. The third-order valence-corrected chi connectivity index (χ3v) is 6.55. The van der Waals surface area contributed by atoms with Crippen LogP contribution in [0.15, 0.2) is 12.7 Å². The summed E-state index contributed by atoms with van der Waals surface area (Å²) in [5, 5.41) is 9.02. The molecule has 3 N–H and O–H groups in total. The molecular formula is C17H25N5O6PS+. The minimum absolute atomic E-state index is 0.101. The lowest BCUT2D eigenvalue weighted by Gasteiger charge is -2.18. The predicted octanol–water partition coefficient (Wildman–Crippen LogP) is 2.05. The fourth-order valence-corrected chi connectivity index (χ4v) is 4.32. The largest absolute Gasteiger partial charge is 0.697 e. The fraction of sp³-hybridized carbons (Fsp3) is 0.647. The number of carbonyl (C=O) groups is 1. The second kappa shape index (κ2) is 10.1. The molecule has 0 aliphatic carbocycles. The van der Waals surface area contributed by atoms with Gasteiger partial charge in [-0.25, -0.2) is 15.0 Å². The van der Waals surface area contributed by atoms with Crippen molar-refractivity contribution in [3.8, 4) is 0 Å². The number of hydrogen-bond donors (Lipinski definition) is 2. The summed E-state index contributed by atoms with van der Waals surface area (Å²) >= 11 is 1.03. The molecule has 3 heterocycles. The number of nitrogen functional groups attached to an aromatic ring is 1. The molecule has 1 saturated heterocycles. The van der Waals surface area contributed by atoms with Crippen LogP contribution in [0.4, 0.5) is 5.82 Å². The molecule has 164 valence electrons. The number of hydrogen-bond acceptors (Lipinski definition) is 11. The lowest BCUT2D eigenvalue weighted by atomic mass is 9.97. The van der Waals surface area contributed by atoms with Gasteiger partial charge in [-0.05, 0) is 26.7 Å². The van der Waals surface area contributed by atoms with Crippen molar-refractivity contribution in [2.24, 2.45) is 5.41 Å². The second-order valence-electron chi connectivity index (χ2n) is 7.40. The van der Waals surface area contributed by atoms with E-state index in [0.717, 1.165) is 18.2 Å². The molecule has 13 heteroatoms. The molecule has 0 spiro atoms. The maximum absolute atomic E-state index is 11.9. The van der Waals surface area contributed by atoms with Crippen LogP contribution in [0, 0.1) is 5.41 Å². The lowest BCUT2D eigenvalue weighted by molar-refractivity contribution is -0.119. The van der Waals surface area contributed by atoms with Crippen molar-refractivity contribution in [3.05, 3.63) is 12.7 Å². The monoisotopic (exact) mass is 458 g/mol. The Labute approximate surface area is 178 Å². The average Bonchev–Trinajstić information content (AvgIpc) is 3.36. The van der Waals surface area contributed by atoms with Crippen LogP contribution in [0.1, 0.15) is 32.9 Å². The van der Waals surface area contributed by atoms with E-state index in [1.807, 2.05) is 0 Å². The number of aliphatic hydroxyl groups excluding tert-OH is 1. The van der Waals surface area contributed by atoms with E-state index in [4.69, 9.17) is 24.6 Å². The van der Waals surface area contributed by atoms with Gasteiger partial charge >= 0.3 is 8.25 Å². The van der Waals surface area contributed by atoms with Crippen LogP contribution in [0.25, 0.3) is 11.2 Å². The molecule has 30 heavy (non-hydrogen) atoms. The summed E-state index contributed by atoms with van der Waals surface area (Å²) in [5.41, 5.74) is 6.12. The first-order chi connectivity index (χ1) is 14.3. The van der Waals surface area contributed by atoms with Crippen molar-refractivity contribution in [1.82, 2.24) is 19.5 Å². The van der Waals surface area contributed by atoms with Crippen molar-refractivity contribution in [1.29, 1.82) is 0 Å². The number of fused-ring (bicyclic) bond motifs is 1. The minimum Gasteiger partial charge on any atom is -0.395 e. The Morgan fingerprint density at radius 1 is 1.40 bits per heavy atom. The topological polar surface area (TPSA) is 152 Å². The summed E-state index contributed by atoms with van der Waals surface area (Å²) < 4.78 is 30.0. The fourth-order valence-electron chi connectivity index (χ4n) is 2.78. The Hall–Kier alpha value is -1.69. The van der Waals surface area contributed by atoms with Crippen LogP contribution in [-0.2, 0) is 23.1 Å². The standard InChI is InChI=1S/C17H25N5O6PS/c1-17(2,8-23)16(24)30-6-5-26-29(25)27-7-11-3-4-12(28-11)22-10-21-13-14(18)19-9-20-15(13)22/h9-12,23H,3-8H2,1-2H3,(H2,18,19,20)/q+1/t11-,12+/m0/s1. The quantitative estimate of drug-likeness (QED) is 0.397. The van der Waals surface area contributed by atoms with Gasteiger partial charge in [-0.2, -0.15) is 0 Å². The molecule has 11 nitrogen and oxygen atoms in total. The summed E-state index contributed by atoms with van der Waals surface area (Å²) in [6.45, 7) is 3.32.